The summed E-state index contributed by atoms with van der Waals surface area (Å²) in [5, 5.41) is 0. The van der Waals surface area contributed by atoms with Gasteiger partial charge in [-0.1, -0.05) is 0 Å². The maximum atomic E-state index is 2.37. The first kappa shape index (κ1) is 11.3. The van der Waals surface area contributed by atoms with Gasteiger partial charge in [-0.2, -0.15) is 0 Å². The smallest absolute Gasteiger partial charge is 0.0234 e. The summed E-state index contributed by atoms with van der Waals surface area (Å²) in [4.78, 5) is 2.23. The summed E-state index contributed by atoms with van der Waals surface area (Å²) >= 11 is 0. The minimum absolute atomic E-state index is 1.14. The highest BCUT2D eigenvalue weighted by Crippen LogP contribution is 2.14. The van der Waals surface area contributed by atoms with E-state index in [9.17, 15) is 0 Å². The zero-order valence-corrected chi connectivity index (χ0v) is 10.1. The lowest BCUT2D eigenvalue weighted by atomic mass is 10.2. The van der Waals surface area contributed by atoms with Crippen molar-refractivity contribution in [3.63, 3.8) is 0 Å². The van der Waals surface area contributed by atoms with Gasteiger partial charge in [0.25, 0.3) is 0 Å². The zero-order valence-electron chi connectivity index (χ0n) is 10.1. The van der Waals surface area contributed by atoms with Crippen LogP contribution in [0.1, 0.15) is 23.2 Å². The van der Waals surface area contributed by atoms with E-state index < -0.39 is 0 Å². The van der Waals surface area contributed by atoms with Crippen molar-refractivity contribution in [1.82, 2.24) is 9.47 Å². The van der Waals surface area contributed by atoms with E-state index >= 15 is 0 Å². The molecule has 0 saturated heterocycles. The van der Waals surface area contributed by atoms with Crippen molar-refractivity contribution >= 4 is 0 Å². The van der Waals surface area contributed by atoms with Crippen LogP contribution in [0, 0.1) is 20.8 Å². The lowest BCUT2D eigenvalue weighted by Gasteiger charge is -2.10. The Kier molecular flexibility index (Phi) is 3.76. The van der Waals surface area contributed by atoms with Crippen molar-refractivity contribution in [2.24, 2.45) is 0 Å². The fourth-order valence-corrected chi connectivity index (χ4v) is 1.72. The number of nitrogens with zero attached hydrogens (tertiary/aromatic N) is 2. The Hall–Kier alpha value is -0.760. The van der Waals surface area contributed by atoms with Crippen LogP contribution in [0.15, 0.2) is 6.20 Å². The van der Waals surface area contributed by atoms with Gasteiger partial charge in [-0.25, -0.2) is 0 Å². The molecule has 2 heteroatoms. The minimum Gasteiger partial charge on any atom is -0.351 e. The summed E-state index contributed by atoms with van der Waals surface area (Å²) in [7, 11) is 4.25. The van der Waals surface area contributed by atoms with E-state index in [2.05, 4.69) is 50.5 Å². The van der Waals surface area contributed by atoms with Crippen LogP contribution in [0.3, 0.4) is 0 Å². The average molecular weight is 194 g/mol. The van der Waals surface area contributed by atoms with Crippen LogP contribution in [0.5, 0.6) is 0 Å². The molecular formula is C12H22N2. The molecule has 0 fully saturated rings. The summed E-state index contributed by atoms with van der Waals surface area (Å²) in [5.74, 6) is 0. The molecule has 0 aliphatic heterocycles. The lowest BCUT2D eigenvalue weighted by molar-refractivity contribution is 0.385. The molecule has 1 heterocycles. The van der Waals surface area contributed by atoms with Crippen LogP contribution in [-0.2, 0) is 6.54 Å². The highest BCUT2D eigenvalue weighted by Gasteiger charge is 2.04. The van der Waals surface area contributed by atoms with Crippen molar-refractivity contribution in [2.45, 2.75) is 33.7 Å². The third-order valence-corrected chi connectivity index (χ3v) is 2.92. The van der Waals surface area contributed by atoms with Crippen molar-refractivity contribution in [2.75, 3.05) is 20.6 Å². The van der Waals surface area contributed by atoms with Gasteiger partial charge in [0, 0.05) is 18.4 Å². The predicted octanol–water partition coefficient (Wildman–Crippen LogP) is 2.37. The second kappa shape index (κ2) is 4.65. The molecule has 0 aliphatic carbocycles. The zero-order chi connectivity index (χ0) is 10.7. The molecule has 1 aromatic rings. The number of hydrogen-bond donors (Lipinski definition) is 0. The first-order valence-corrected chi connectivity index (χ1v) is 5.30. The number of aryl methyl sites for hydroxylation is 2. The van der Waals surface area contributed by atoms with Gasteiger partial charge in [0.1, 0.15) is 0 Å². The number of aromatic nitrogens is 1. The Labute approximate surface area is 87.5 Å². The van der Waals surface area contributed by atoms with Gasteiger partial charge >= 0.3 is 0 Å². The molecule has 0 unspecified atom stereocenters. The van der Waals surface area contributed by atoms with E-state index in [1.807, 2.05) is 0 Å². The van der Waals surface area contributed by atoms with Gasteiger partial charge in [0.2, 0.25) is 0 Å². The Morgan fingerprint density at radius 3 is 2.29 bits per heavy atom. The average Bonchev–Trinajstić information content (AvgIpc) is 2.33. The monoisotopic (exact) mass is 194 g/mol. The normalized spacial score (nSPS) is 11.3. The molecule has 80 valence electrons. The third kappa shape index (κ3) is 2.61. The molecule has 14 heavy (non-hydrogen) atoms. The van der Waals surface area contributed by atoms with Gasteiger partial charge in [0.05, 0.1) is 0 Å². The molecule has 0 bridgehead atoms. The van der Waals surface area contributed by atoms with Crippen LogP contribution < -0.4 is 0 Å². The fraction of sp³-hybridized carbons (Fsp3) is 0.667. The number of hydrogen-bond acceptors (Lipinski definition) is 1. The molecule has 0 aliphatic rings. The van der Waals surface area contributed by atoms with E-state index in [4.69, 9.17) is 0 Å². The summed E-state index contributed by atoms with van der Waals surface area (Å²) < 4.78 is 2.37. The van der Waals surface area contributed by atoms with E-state index in [-0.39, 0.29) is 0 Å². The van der Waals surface area contributed by atoms with Crippen molar-refractivity contribution in [1.29, 1.82) is 0 Å². The maximum absolute atomic E-state index is 2.37. The summed E-state index contributed by atoms with van der Waals surface area (Å²) in [6, 6.07) is 0. The first-order valence-electron chi connectivity index (χ1n) is 5.30. The molecule has 0 atom stereocenters. The number of rotatable bonds is 4. The summed E-state index contributed by atoms with van der Waals surface area (Å²) in [6.07, 6.45) is 3.49. The second-order valence-electron chi connectivity index (χ2n) is 4.37. The molecule has 1 aromatic heterocycles. The van der Waals surface area contributed by atoms with Crippen LogP contribution in [0.2, 0.25) is 0 Å². The Bertz CT molecular complexity index is 298. The highest BCUT2D eigenvalue weighted by molar-refractivity contribution is 5.28. The second-order valence-corrected chi connectivity index (χ2v) is 4.37. The first-order chi connectivity index (χ1) is 6.52. The van der Waals surface area contributed by atoms with Crippen molar-refractivity contribution in [3.05, 3.63) is 23.0 Å². The molecule has 0 aromatic carbocycles. The molecule has 0 amide bonds. The van der Waals surface area contributed by atoms with E-state index in [1.165, 1.54) is 23.2 Å². The SMILES string of the molecule is Cc1cn(CCCN(C)C)c(C)c1C. The molecule has 0 N–H and O–H groups in total. The van der Waals surface area contributed by atoms with Crippen LogP contribution in [-0.4, -0.2) is 30.1 Å². The van der Waals surface area contributed by atoms with Crippen molar-refractivity contribution < 1.29 is 0 Å². The molecular weight excluding hydrogens is 172 g/mol. The standard InChI is InChI=1S/C12H22N2/c1-10-9-14(12(3)11(10)2)8-6-7-13(4)5/h9H,6-8H2,1-5H3. The van der Waals surface area contributed by atoms with E-state index in [0.717, 1.165) is 13.1 Å². The van der Waals surface area contributed by atoms with E-state index in [1.54, 1.807) is 0 Å². The molecule has 2 nitrogen and oxygen atoms in total. The van der Waals surface area contributed by atoms with Gasteiger partial charge in [-0.3, -0.25) is 0 Å². The van der Waals surface area contributed by atoms with Crippen molar-refractivity contribution in [3.8, 4) is 0 Å². The molecule has 1 rings (SSSR count). The van der Waals surface area contributed by atoms with Gasteiger partial charge in [-0.15, -0.1) is 0 Å². The molecule has 0 saturated carbocycles. The van der Waals surface area contributed by atoms with E-state index in [0.29, 0.717) is 0 Å². The maximum Gasteiger partial charge on any atom is 0.0234 e. The van der Waals surface area contributed by atoms with Crippen LogP contribution in [0.4, 0.5) is 0 Å². The van der Waals surface area contributed by atoms with Gasteiger partial charge in [0.15, 0.2) is 0 Å². The third-order valence-electron chi connectivity index (χ3n) is 2.92. The molecule has 0 spiro atoms. The quantitative estimate of drug-likeness (QED) is 0.714. The minimum atomic E-state index is 1.14. The predicted molar refractivity (Wildman–Crippen MR) is 61.8 cm³/mol. The summed E-state index contributed by atoms with van der Waals surface area (Å²) in [5.41, 5.74) is 4.27. The largest absolute Gasteiger partial charge is 0.351 e. The Morgan fingerprint density at radius 1 is 1.21 bits per heavy atom. The fourth-order valence-electron chi connectivity index (χ4n) is 1.72. The highest BCUT2D eigenvalue weighted by atomic mass is 15.1. The van der Waals surface area contributed by atoms with Crippen LogP contribution in [0.25, 0.3) is 0 Å². The van der Waals surface area contributed by atoms with Gasteiger partial charge in [-0.05, 0) is 59.0 Å². The molecule has 0 radical (unpaired) electrons. The Morgan fingerprint density at radius 2 is 1.86 bits per heavy atom. The van der Waals surface area contributed by atoms with Crippen LogP contribution >= 0.6 is 0 Å². The topological polar surface area (TPSA) is 8.17 Å². The van der Waals surface area contributed by atoms with Gasteiger partial charge < -0.3 is 9.47 Å². The lowest BCUT2D eigenvalue weighted by Crippen LogP contribution is -2.15. The summed E-state index contributed by atoms with van der Waals surface area (Å²) in [6.45, 7) is 8.89. The Balaban J connectivity index is 2.55.